The van der Waals surface area contributed by atoms with Gasteiger partial charge >= 0.3 is 0 Å². The molecule has 2 aromatic rings. The number of methoxy groups -OCH3 is 1. The van der Waals surface area contributed by atoms with Gasteiger partial charge in [-0.2, -0.15) is 0 Å². The molecule has 0 amide bonds. The van der Waals surface area contributed by atoms with E-state index in [0.29, 0.717) is 11.3 Å². The van der Waals surface area contributed by atoms with Gasteiger partial charge in [-0.25, -0.2) is 0 Å². The van der Waals surface area contributed by atoms with Crippen molar-refractivity contribution in [1.82, 2.24) is 9.80 Å². The van der Waals surface area contributed by atoms with Gasteiger partial charge in [0.05, 0.1) is 12.7 Å². The Kier molecular flexibility index (Phi) is 5.28. The molecule has 3 rings (SSSR count). The molecule has 0 saturated carbocycles. The van der Waals surface area contributed by atoms with Crippen molar-refractivity contribution in [3.8, 4) is 5.75 Å². The average molecular weight is 324 g/mol. The second kappa shape index (κ2) is 7.60. The summed E-state index contributed by atoms with van der Waals surface area (Å²) in [7, 11) is 3.75. The Morgan fingerprint density at radius 3 is 2.29 bits per heavy atom. The predicted octanol–water partition coefficient (Wildman–Crippen LogP) is 2.67. The maximum atomic E-state index is 13.0. The number of rotatable bonds is 5. The second-order valence-corrected chi connectivity index (χ2v) is 6.27. The van der Waals surface area contributed by atoms with E-state index in [0.717, 1.165) is 43.9 Å². The minimum Gasteiger partial charge on any atom is -0.496 e. The Hall–Kier alpha value is -2.17. The Balaban J connectivity index is 1.85. The Labute approximate surface area is 143 Å². The van der Waals surface area contributed by atoms with E-state index in [4.69, 9.17) is 4.74 Å². The summed E-state index contributed by atoms with van der Waals surface area (Å²) in [6.45, 7) is 5.03. The highest BCUT2D eigenvalue weighted by Gasteiger charge is 2.20. The minimum absolute atomic E-state index is 0.0252. The molecular formula is C20H24N2O2. The maximum absolute atomic E-state index is 13.0. The molecule has 0 aliphatic carbocycles. The molecule has 1 fully saturated rings. The van der Waals surface area contributed by atoms with Crippen LogP contribution >= 0.6 is 0 Å². The van der Waals surface area contributed by atoms with Gasteiger partial charge in [-0.1, -0.05) is 36.4 Å². The number of hydrogen-bond donors (Lipinski definition) is 0. The second-order valence-electron chi connectivity index (χ2n) is 6.27. The number of benzene rings is 2. The zero-order valence-corrected chi connectivity index (χ0v) is 14.4. The number of carbonyl (C=O) groups is 1. The van der Waals surface area contributed by atoms with Crippen LogP contribution in [0, 0.1) is 0 Å². The Morgan fingerprint density at radius 1 is 0.958 bits per heavy atom. The fraction of sp³-hybridized carbons (Fsp3) is 0.350. The lowest BCUT2D eigenvalue weighted by atomic mass is 9.97. The van der Waals surface area contributed by atoms with Crippen molar-refractivity contribution in [3.05, 3.63) is 65.2 Å². The number of likely N-dealkylation sites (N-methyl/N-ethyl adjacent to an activating group) is 1. The van der Waals surface area contributed by atoms with Crippen LogP contribution in [0.2, 0.25) is 0 Å². The van der Waals surface area contributed by atoms with Crippen LogP contribution in [0.4, 0.5) is 0 Å². The summed E-state index contributed by atoms with van der Waals surface area (Å²) in [5.74, 6) is 0.647. The third kappa shape index (κ3) is 3.66. The first kappa shape index (κ1) is 16.7. The summed E-state index contributed by atoms with van der Waals surface area (Å²) in [4.78, 5) is 17.8. The van der Waals surface area contributed by atoms with Crippen LogP contribution in [-0.2, 0) is 6.54 Å². The average Bonchev–Trinajstić information content (AvgIpc) is 2.63. The summed E-state index contributed by atoms with van der Waals surface area (Å²) in [6, 6.07) is 15.3. The van der Waals surface area contributed by atoms with E-state index in [2.05, 4.69) is 22.9 Å². The molecule has 0 atom stereocenters. The zero-order chi connectivity index (χ0) is 16.9. The van der Waals surface area contributed by atoms with Crippen molar-refractivity contribution in [2.75, 3.05) is 40.3 Å². The molecule has 4 nitrogen and oxygen atoms in total. The number of nitrogens with zero attached hydrogens (tertiary/aromatic N) is 2. The maximum Gasteiger partial charge on any atom is 0.197 e. The van der Waals surface area contributed by atoms with Gasteiger partial charge in [-0.05, 0) is 24.7 Å². The van der Waals surface area contributed by atoms with Crippen LogP contribution in [0.1, 0.15) is 21.5 Å². The normalized spacial score (nSPS) is 16.1. The van der Waals surface area contributed by atoms with Crippen LogP contribution in [0.5, 0.6) is 5.75 Å². The molecule has 1 aliphatic heterocycles. The molecule has 0 spiro atoms. The van der Waals surface area contributed by atoms with Crippen molar-refractivity contribution in [3.63, 3.8) is 0 Å². The molecule has 1 aliphatic rings. The largest absolute Gasteiger partial charge is 0.496 e. The molecule has 1 saturated heterocycles. The molecule has 0 N–H and O–H groups in total. The molecule has 4 heteroatoms. The van der Waals surface area contributed by atoms with Crippen LogP contribution in [-0.4, -0.2) is 55.9 Å². The minimum atomic E-state index is 0.0252. The molecular weight excluding hydrogens is 300 g/mol. The molecule has 24 heavy (non-hydrogen) atoms. The molecule has 0 radical (unpaired) electrons. The summed E-state index contributed by atoms with van der Waals surface area (Å²) in [5, 5.41) is 0. The van der Waals surface area contributed by atoms with Gasteiger partial charge in [-0.15, -0.1) is 0 Å². The summed E-state index contributed by atoms with van der Waals surface area (Å²) in [6.07, 6.45) is 0. The van der Waals surface area contributed by atoms with Crippen LogP contribution < -0.4 is 4.74 Å². The number of ether oxygens (including phenoxy) is 1. The fourth-order valence-corrected chi connectivity index (χ4v) is 3.10. The molecule has 0 aromatic heterocycles. The summed E-state index contributed by atoms with van der Waals surface area (Å²) >= 11 is 0. The van der Waals surface area contributed by atoms with Crippen molar-refractivity contribution < 1.29 is 9.53 Å². The molecule has 0 bridgehead atoms. The number of ketones is 1. The van der Waals surface area contributed by atoms with Crippen molar-refractivity contribution in [2.24, 2.45) is 0 Å². The quantitative estimate of drug-likeness (QED) is 0.792. The molecule has 2 aromatic carbocycles. The Morgan fingerprint density at radius 2 is 1.58 bits per heavy atom. The van der Waals surface area contributed by atoms with E-state index in [1.807, 2.05) is 42.5 Å². The lowest BCUT2D eigenvalue weighted by Crippen LogP contribution is -2.44. The first-order chi connectivity index (χ1) is 11.7. The van der Waals surface area contributed by atoms with E-state index >= 15 is 0 Å². The SMILES string of the molecule is COc1ccccc1C(=O)c1ccccc1CN1CCN(C)CC1. The van der Waals surface area contributed by atoms with Crippen molar-refractivity contribution in [2.45, 2.75) is 6.54 Å². The van der Waals surface area contributed by atoms with Gasteiger partial charge in [-0.3, -0.25) is 9.69 Å². The van der Waals surface area contributed by atoms with Gasteiger partial charge in [0.2, 0.25) is 0 Å². The van der Waals surface area contributed by atoms with Crippen LogP contribution in [0.15, 0.2) is 48.5 Å². The molecule has 1 heterocycles. The monoisotopic (exact) mass is 324 g/mol. The number of hydrogen-bond acceptors (Lipinski definition) is 4. The zero-order valence-electron chi connectivity index (χ0n) is 14.4. The van der Waals surface area contributed by atoms with E-state index in [9.17, 15) is 4.79 Å². The number of carbonyl (C=O) groups excluding carboxylic acids is 1. The number of piperazine rings is 1. The first-order valence-electron chi connectivity index (χ1n) is 8.35. The fourth-order valence-electron chi connectivity index (χ4n) is 3.10. The topological polar surface area (TPSA) is 32.8 Å². The van der Waals surface area contributed by atoms with Gasteiger partial charge in [0, 0.05) is 38.3 Å². The summed E-state index contributed by atoms with van der Waals surface area (Å²) < 4.78 is 5.35. The Bertz CT molecular complexity index is 706. The highest BCUT2D eigenvalue weighted by Crippen LogP contribution is 2.23. The van der Waals surface area contributed by atoms with E-state index < -0.39 is 0 Å². The third-order valence-electron chi connectivity index (χ3n) is 4.60. The lowest BCUT2D eigenvalue weighted by molar-refractivity contribution is 0.103. The van der Waals surface area contributed by atoms with Crippen LogP contribution in [0.25, 0.3) is 0 Å². The summed E-state index contributed by atoms with van der Waals surface area (Å²) in [5.41, 5.74) is 2.46. The van der Waals surface area contributed by atoms with E-state index in [-0.39, 0.29) is 5.78 Å². The standard InChI is InChI=1S/C20H24N2O2/c1-21-11-13-22(14-12-21)15-16-7-3-4-8-17(16)20(23)18-9-5-6-10-19(18)24-2/h3-10H,11-15H2,1-2H3. The van der Waals surface area contributed by atoms with Gasteiger partial charge in [0.25, 0.3) is 0 Å². The van der Waals surface area contributed by atoms with Gasteiger partial charge in [0.1, 0.15) is 5.75 Å². The van der Waals surface area contributed by atoms with Crippen LogP contribution in [0.3, 0.4) is 0 Å². The van der Waals surface area contributed by atoms with Crippen molar-refractivity contribution >= 4 is 5.78 Å². The third-order valence-corrected chi connectivity index (χ3v) is 4.60. The number of para-hydroxylation sites is 1. The molecule has 0 unspecified atom stereocenters. The molecule has 126 valence electrons. The highest BCUT2D eigenvalue weighted by atomic mass is 16.5. The van der Waals surface area contributed by atoms with Gasteiger partial charge < -0.3 is 9.64 Å². The highest BCUT2D eigenvalue weighted by molar-refractivity contribution is 6.11. The van der Waals surface area contributed by atoms with E-state index in [1.54, 1.807) is 7.11 Å². The first-order valence-corrected chi connectivity index (χ1v) is 8.35. The smallest absolute Gasteiger partial charge is 0.197 e. The van der Waals surface area contributed by atoms with E-state index in [1.165, 1.54) is 0 Å². The predicted molar refractivity (Wildman–Crippen MR) is 95.6 cm³/mol. The lowest BCUT2D eigenvalue weighted by Gasteiger charge is -2.32. The van der Waals surface area contributed by atoms with Crippen molar-refractivity contribution in [1.29, 1.82) is 0 Å². The van der Waals surface area contributed by atoms with Gasteiger partial charge in [0.15, 0.2) is 5.78 Å².